The van der Waals surface area contributed by atoms with Crippen LogP contribution in [0.4, 0.5) is 5.13 Å². The summed E-state index contributed by atoms with van der Waals surface area (Å²) in [5, 5.41) is 15.0. The van der Waals surface area contributed by atoms with Crippen LogP contribution < -0.4 is 5.32 Å². The molecule has 0 aliphatic carbocycles. The van der Waals surface area contributed by atoms with E-state index in [1.54, 1.807) is 6.20 Å². The van der Waals surface area contributed by atoms with Crippen LogP contribution in [0.25, 0.3) is 10.7 Å². The van der Waals surface area contributed by atoms with Crippen molar-refractivity contribution < 1.29 is 4.79 Å². The number of hydrogen-bond acceptors (Lipinski definition) is 7. The summed E-state index contributed by atoms with van der Waals surface area (Å²) in [5.41, 5.74) is 1.46. The van der Waals surface area contributed by atoms with E-state index in [1.165, 1.54) is 22.7 Å². The topological polar surface area (TPSA) is 80.7 Å². The van der Waals surface area contributed by atoms with Crippen LogP contribution in [0, 0.1) is 0 Å². The van der Waals surface area contributed by atoms with E-state index in [-0.39, 0.29) is 17.7 Å². The first-order valence-electron chi connectivity index (χ1n) is 7.41. The van der Waals surface area contributed by atoms with Gasteiger partial charge in [-0.2, -0.15) is 0 Å². The van der Waals surface area contributed by atoms with Crippen molar-refractivity contribution >= 4 is 33.7 Å². The highest BCUT2D eigenvalue weighted by Gasteiger charge is 2.20. The van der Waals surface area contributed by atoms with E-state index in [0.29, 0.717) is 5.13 Å². The maximum Gasteiger partial charge on any atom is 0.232 e. The van der Waals surface area contributed by atoms with E-state index in [1.807, 2.05) is 23.6 Å². The van der Waals surface area contributed by atoms with Gasteiger partial charge in [0.2, 0.25) is 11.0 Å². The Labute approximate surface area is 148 Å². The second-order valence-corrected chi connectivity index (χ2v) is 8.08. The second-order valence-electron chi connectivity index (χ2n) is 6.25. The molecule has 3 aromatic heterocycles. The SMILES string of the molecule is CC(C)(C)c1nnc(NC(=O)Cc2csc(-c3ccccn3)n2)s1. The van der Waals surface area contributed by atoms with Crippen LogP contribution in [0.15, 0.2) is 29.8 Å². The molecule has 24 heavy (non-hydrogen) atoms. The minimum absolute atomic E-state index is 0.0762. The molecule has 3 rings (SSSR count). The van der Waals surface area contributed by atoms with Gasteiger partial charge in [0.1, 0.15) is 10.0 Å². The molecule has 3 heterocycles. The highest BCUT2D eigenvalue weighted by molar-refractivity contribution is 7.15. The van der Waals surface area contributed by atoms with Gasteiger partial charge in [0.25, 0.3) is 0 Å². The molecule has 0 saturated heterocycles. The second kappa shape index (κ2) is 6.74. The third-order valence-electron chi connectivity index (χ3n) is 3.09. The van der Waals surface area contributed by atoms with Gasteiger partial charge in [0.15, 0.2) is 0 Å². The third kappa shape index (κ3) is 4.01. The lowest BCUT2D eigenvalue weighted by molar-refractivity contribution is -0.115. The molecule has 3 aromatic rings. The Balaban J connectivity index is 1.63. The Hall–Kier alpha value is -2.19. The molecule has 6 nitrogen and oxygen atoms in total. The van der Waals surface area contributed by atoms with E-state index in [9.17, 15) is 4.79 Å². The number of thiazole rings is 1. The average molecular weight is 359 g/mol. The first-order valence-corrected chi connectivity index (χ1v) is 9.11. The minimum atomic E-state index is -0.149. The van der Waals surface area contributed by atoms with Crippen LogP contribution in [0.2, 0.25) is 0 Å². The highest BCUT2D eigenvalue weighted by Crippen LogP contribution is 2.28. The Morgan fingerprint density at radius 3 is 2.75 bits per heavy atom. The fourth-order valence-corrected chi connectivity index (χ4v) is 3.51. The van der Waals surface area contributed by atoms with Crippen LogP contribution in [-0.4, -0.2) is 26.1 Å². The summed E-state index contributed by atoms with van der Waals surface area (Å²) in [4.78, 5) is 20.9. The van der Waals surface area contributed by atoms with Crippen molar-refractivity contribution in [1.82, 2.24) is 20.2 Å². The van der Waals surface area contributed by atoms with Crippen LogP contribution in [0.1, 0.15) is 31.5 Å². The zero-order chi connectivity index (χ0) is 17.2. The van der Waals surface area contributed by atoms with Crippen molar-refractivity contribution in [2.45, 2.75) is 32.6 Å². The molecular weight excluding hydrogens is 342 g/mol. The quantitative estimate of drug-likeness (QED) is 0.771. The molecule has 0 spiro atoms. The summed E-state index contributed by atoms with van der Waals surface area (Å²) < 4.78 is 0. The summed E-state index contributed by atoms with van der Waals surface area (Å²) in [6.07, 6.45) is 1.93. The number of carbonyl (C=O) groups excluding carboxylic acids is 1. The number of amides is 1. The first-order chi connectivity index (χ1) is 11.4. The maximum absolute atomic E-state index is 12.2. The lowest BCUT2D eigenvalue weighted by Gasteiger charge is -2.12. The molecule has 0 atom stereocenters. The van der Waals surface area contributed by atoms with Crippen LogP contribution >= 0.6 is 22.7 Å². The molecule has 0 aromatic carbocycles. The van der Waals surface area contributed by atoms with E-state index in [2.05, 4.69) is 46.3 Å². The molecule has 8 heteroatoms. The third-order valence-corrected chi connectivity index (χ3v) is 5.27. The number of rotatable bonds is 4. The predicted molar refractivity (Wildman–Crippen MR) is 96.3 cm³/mol. The normalized spacial score (nSPS) is 11.5. The molecule has 1 N–H and O–H groups in total. The molecule has 0 saturated carbocycles. The van der Waals surface area contributed by atoms with Gasteiger partial charge in [-0.05, 0) is 12.1 Å². The molecule has 1 amide bonds. The van der Waals surface area contributed by atoms with Crippen LogP contribution in [0.3, 0.4) is 0 Å². The Morgan fingerprint density at radius 1 is 1.25 bits per heavy atom. The molecule has 0 radical (unpaired) electrons. The Morgan fingerprint density at radius 2 is 2.08 bits per heavy atom. The molecule has 124 valence electrons. The number of aromatic nitrogens is 4. The number of anilines is 1. The fourth-order valence-electron chi connectivity index (χ4n) is 1.90. The summed E-state index contributed by atoms with van der Waals surface area (Å²) in [5.74, 6) is -0.149. The summed E-state index contributed by atoms with van der Waals surface area (Å²) >= 11 is 2.88. The van der Waals surface area contributed by atoms with E-state index >= 15 is 0 Å². The van der Waals surface area contributed by atoms with Gasteiger partial charge in [-0.1, -0.05) is 38.2 Å². The smallest absolute Gasteiger partial charge is 0.232 e. The lowest BCUT2D eigenvalue weighted by atomic mass is 9.98. The van der Waals surface area contributed by atoms with Gasteiger partial charge < -0.3 is 5.32 Å². The van der Waals surface area contributed by atoms with E-state index in [0.717, 1.165) is 21.4 Å². The number of nitrogens with one attached hydrogen (secondary N) is 1. The molecule has 0 aliphatic heterocycles. The predicted octanol–water partition coefficient (Wildman–Crippen LogP) is 3.54. The molecule has 0 aliphatic rings. The van der Waals surface area contributed by atoms with Crippen LogP contribution in [-0.2, 0) is 16.6 Å². The summed E-state index contributed by atoms with van der Waals surface area (Å²) in [6.45, 7) is 6.19. The maximum atomic E-state index is 12.2. The minimum Gasteiger partial charge on any atom is -0.300 e. The van der Waals surface area contributed by atoms with Crippen molar-refractivity contribution in [3.8, 4) is 10.7 Å². The standard InChI is InChI=1S/C16H17N5OS2/c1-16(2,3)14-20-21-15(24-14)19-12(22)8-10-9-23-13(18-10)11-6-4-5-7-17-11/h4-7,9H,8H2,1-3H3,(H,19,21,22). The van der Waals surface area contributed by atoms with Crippen molar-refractivity contribution in [2.75, 3.05) is 5.32 Å². The summed E-state index contributed by atoms with van der Waals surface area (Å²) in [6, 6.07) is 5.68. The molecule has 0 bridgehead atoms. The molecular formula is C16H17N5OS2. The molecule has 0 fully saturated rings. The average Bonchev–Trinajstić information content (AvgIpc) is 3.17. The number of pyridine rings is 1. The van der Waals surface area contributed by atoms with Crippen molar-refractivity contribution in [1.29, 1.82) is 0 Å². The van der Waals surface area contributed by atoms with Gasteiger partial charge in [-0.3, -0.25) is 9.78 Å². The number of nitrogens with zero attached hydrogens (tertiary/aromatic N) is 4. The van der Waals surface area contributed by atoms with Gasteiger partial charge in [0, 0.05) is 17.0 Å². The monoisotopic (exact) mass is 359 g/mol. The van der Waals surface area contributed by atoms with Gasteiger partial charge in [-0.15, -0.1) is 21.5 Å². The Bertz CT molecular complexity index is 836. The fraction of sp³-hybridized carbons (Fsp3) is 0.312. The summed E-state index contributed by atoms with van der Waals surface area (Å²) in [7, 11) is 0. The molecule has 0 unspecified atom stereocenters. The van der Waals surface area contributed by atoms with Crippen molar-refractivity contribution in [3.63, 3.8) is 0 Å². The Kier molecular flexibility index (Phi) is 4.68. The van der Waals surface area contributed by atoms with Gasteiger partial charge >= 0.3 is 0 Å². The number of hydrogen-bond donors (Lipinski definition) is 1. The lowest BCUT2D eigenvalue weighted by Crippen LogP contribution is -2.14. The van der Waals surface area contributed by atoms with E-state index in [4.69, 9.17) is 0 Å². The zero-order valence-electron chi connectivity index (χ0n) is 13.6. The van der Waals surface area contributed by atoms with Gasteiger partial charge in [-0.25, -0.2) is 4.98 Å². The van der Waals surface area contributed by atoms with Crippen molar-refractivity contribution in [3.05, 3.63) is 40.5 Å². The van der Waals surface area contributed by atoms with Gasteiger partial charge in [0.05, 0.1) is 17.8 Å². The highest BCUT2D eigenvalue weighted by atomic mass is 32.1. The number of carbonyl (C=O) groups is 1. The van der Waals surface area contributed by atoms with E-state index < -0.39 is 0 Å². The van der Waals surface area contributed by atoms with Crippen LogP contribution in [0.5, 0.6) is 0 Å². The largest absolute Gasteiger partial charge is 0.300 e. The zero-order valence-corrected chi connectivity index (χ0v) is 15.2. The first kappa shape index (κ1) is 16.7. The van der Waals surface area contributed by atoms with Crippen molar-refractivity contribution in [2.24, 2.45) is 0 Å².